The topological polar surface area (TPSA) is 134 Å². The number of carbonyl (C=O) groups is 2. The maximum atomic E-state index is 12.4. The number of esters is 2. The van der Waals surface area contributed by atoms with Crippen LogP contribution >= 0.6 is 0 Å². The molecule has 0 radical (unpaired) electrons. The van der Waals surface area contributed by atoms with E-state index >= 15 is 0 Å². The molecule has 0 aliphatic rings. The lowest BCUT2D eigenvalue weighted by molar-refractivity contribution is -0.145. The summed E-state index contributed by atoms with van der Waals surface area (Å²) in [6, 6.07) is 28.4. The zero-order valence-corrected chi connectivity index (χ0v) is 38.2. The van der Waals surface area contributed by atoms with Crippen LogP contribution in [0, 0.1) is 0 Å². The number of carbonyl (C=O) groups excluding carboxylic acids is 2. The molecule has 0 unspecified atom stereocenters. The summed E-state index contributed by atoms with van der Waals surface area (Å²) in [5.41, 5.74) is 3.16. The van der Waals surface area contributed by atoms with Crippen LogP contribution in [0.25, 0.3) is 0 Å². The zero-order chi connectivity index (χ0) is 45.1. The van der Waals surface area contributed by atoms with Crippen molar-refractivity contribution in [1.82, 2.24) is 0 Å². The molecule has 8 heteroatoms. The second-order valence-corrected chi connectivity index (χ2v) is 17.2. The molecule has 0 fully saturated rings. The molecule has 4 aromatic rings. The van der Waals surface area contributed by atoms with Gasteiger partial charge in [0.05, 0.1) is 13.2 Å². The summed E-state index contributed by atoms with van der Waals surface area (Å²) < 4.78 is 10.9. The van der Waals surface area contributed by atoms with Gasteiger partial charge in [-0.2, -0.15) is 0 Å². The molecule has 0 atom stereocenters. The Kier molecular flexibility index (Phi) is 23.7. The summed E-state index contributed by atoms with van der Waals surface area (Å²) in [6.45, 7) is 9.59. The van der Waals surface area contributed by atoms with Crippen molar-refractivity contribution in [2.45, 2.75) is 167 Å². The van der Waals surface area contributed by atoms with Crippen molar-refractivity contribution < 1.29 is 39.5 Å². The van der Waals surface area contributed by atoms with Gasteiger partial charge >= 0.3 is 11.9 Å². The van der Waals surface area contributed by atoms with E-state index in [1.165, 1.54) is 77.0 Å². The van der Waals surface area contributed by atoms with Gasteiger partial charge in [-0.25, -0.2) is 0 Å². The quantitative estimate of drug-likeness (QED) is 0.0328. The summed E-state index contributed by atoms with van der Waals surface area (Å²) in [7, 11) is 0. The minimum atomic E-state index is -0.432. The molecule has 340 valence electrons. The molecule has 0 aromatic heterocycles. The number of hydrogen-bond acceptors (Lipinski definition) is 8. The van der Waals surface area contributed by atoms with Crippen LogP contribution in [0.4, 0.5) is 0 Å². The fourth-order valence-electron chi connectivity index (χ4n) is 7.92. The first-order valence-corrected chi connectivity index (χ1v) is 23.4. The van der Waals surface area contributed by atoms with Crippen LogP contribution in [0.5, 0.6) is 23.0 Å². The Morgan fingerprint density at radius 2 is 0.613 bits per heavy atom. The predicted octanol–water partition coefficient (Wildman–Crippen LogP) is 13.7. The minimum absolute atomic E-state index is 0.173. The van der Waals surface area contributed by atoms with Gasteiger partial charge in [0.1, 0.15) is 23.0 Å². The summed E-state index contributed by atoms with van der Waals surface area (Å²) in [5.74, 6) is 0.490. The van der Waals surface area contributed by atoms with Crippen LogP contribution in [-0.4, -0.2) is 45.6 Å². The largest absolute Gasteiger partial charge is 0.508 e. The van der Waals surface area contributed by atoms with E-state index in [0.29, 0.717) is 38.9 Å². The molecule has 0 bridgehead atoms. The van der Waals surface area contributed by atoms with Crippen molar-refractivity contribution in [3.05, 3.63) is 119 Å². The summed E-state index contributed by atoms with van der Waals surface area (Å²) in [4.78, 5) is 24.7. The highest BCUT2D eigenvalue weighted by Gasteiger charge is 2.31. The molecule has 62 heavy (non-hydrogen) atoms. The first-order valence-electron chi connectivity index (χ1n) is 23.4. The lowest BCUT2D eigenvalue weighted by Crippen LogP contribution is -2.25. The molecule has 0 aliphatic carbocycles. The highest BCUT2D eigenvalue weighted by molar-refractivity contribution is 5.70. The van der Waals surface area contributed by atoms with Crippen molar-refractivity contribution >= 4 is 11.9 Å². The lowest BCUT2D eigenvalue weighted by Gasteiger charge is -2.31. The van der Waals surface area contributed by atoms with Crippen molar-refractivity contribution in [1.29, 1.82) is 0 Å². The summed E-state index contributed by atoms with van der Waals surface area (Å²) in [6.07, 6.45) is 21.3. The van der Waals surface area contributed by atoms with Gasteiger partial charge in [0.15, 0.2) is 0 Å². The number of aromatic hydroxyl groups is 4. The fraction of sp³-hybridized carbons (Fsp3) is 0.519. The van der Waals surface area contributed by atoms with Crippen LogP contribution in [0.15, 0.2) is 97.1 Å². The van der Waals surface area contributed by atoms with Gasteiger partial charge in [0.25, 0.3) is 0 Å². The average molecular weight is 853 g/mol. The van der Waals surface area contributed by atoms with E-state index in [1.54, 1.807) is 48.5 Å². The standard InChI is InChI=1S/C28H40O4.C26H36O4/c1-3-4-5-6-7-8-9-10-11-22-32-27(31)20-21-28(2,23-12-16-25(29)17-13-23)24-14-18-26(30)19-15-24;1-3-4-5-6-7-8-9-20-30-25(29)18-19-26(2,21-10-14-23(27)15-11-21)22-12-16-24(28)17-13-22/h12-19,29-30H,3-11,20-22H2,1-2H3;10-17,27-28H,3-9,18-20H2,1-2H3. The van der Waals surface area contributed by atoms with Gasteiger partial charge in [-0.1, -0.05) is 166 Å². The fourth-order valence-corrected chi connectivity index (χ4v) is 7.92. The van der Waals surface area contributed by atoms with Gasteiger partial charge in [0.2, 0.25) is 0 Å². The molecule has 0 saturated carbocycles. The molecule has 8 nitrogen and oxygen atoms in total. The molecule has 4 N–H and O–H groups in total. The van der Waals surface area contributed by atoms with Gasteiger partial charge in [0, 0.05) is 23.7 Å². The number of hydrogen-bond donors (Lipinski definition) is 4. The predicted molar refractivity (Wildman–Crippen MR) is 251 cm³/mol. The third-order valence-corrected chi connectivity index (χ3v) is 12.2. The van der Waals surface area contributed by atoms with E-state index in [-0.39, 0.29) is 34.9 Å². The molecular weight excluding hydrogens is 777 g/mol. The highest BCUT2D eigenvalue weighted by Crippen LogP contribution is 2.39. The normalized spacial score (nSPS) is 11.4. The number of phenols is 4. The van der Waals surface area contributed by atoms with Crippen molar-refractivity contribution in [3.63, 3.8) is 0 Å². The van der Waals surface area contributed by atoms with Crippen molar-refractivity contribution in [2.24, 2.45) is 0 Å². The molecule has 0 heterocycles. The average Bonchev–Trinajstić information content (AvgIpc) is 3.27. The molecule has 0 spiro atoms. The Labute approximate surface area is 372 Å². The van der Waals surface area contributed by atoms with E-state index in [0.717, 1.165) is 47.9 Å². The van der Waals surface area contributed by atoms with E-state index < -0.39 is 10.8 Å². The molecule has 4 rings (SSSR count). The van der Waals surface area contributed by atoms with E-state index in [4.69, 9.17) is 9.47 Å². The van der Waals surface area contributed by atoms with Crippen LogP contribution in [0.1, 0.15) is 178 Å². The Morgan fingerprint density at radius 3 is 0.855 bits per heavy atom. The third-order valence-electron chi connectivity index (χ3n) is 12.2. The molecule has 4 aromatic carbocycles. The van der Waals surface area contributed by atoms with Crippen molar-refractivity contribution in [3.8, 4) is 23.0 Å². The van der Waals surface area contributed by atoms with Gasteiger partial charge < -0.3 is 29.9 Å². The molecule has 0 aliphatic heterocycles. The van der Waals surface area contributed by atoms with Gasteiger partial charge in [-0.15, -0.1) is 0 Å². The minimum Gasteiger partial charge on any atom is -0.508 e. The number of phenolic OH excluding ortho intramolecular Hbond substituents is 4. The Morgan fingerprint density at radius 1 is 0.387 bits per heavy atom. The van der Waals surface area contributed by atoms with E-state index in [9.17, 15) is 30.0 Å². The van der Waals surface area contributed by atoms with E-state index in [1.807, 2.05) is 48.5 Å². The second kappa shape index (κ2) is 28.6. The maximum absolute atomic E-state index is 12.4. The van der Waals surface area contributed by atoms with Gasteiger partial charge in [-0.3, -0.25) is 9.59 Å². The van der Waals surface area contributed by atoms with Crippen LogP contribution in [0.3, 0.4) is 0 Å². The Bertz CT molecular complexity index is 1710. The Balaban J connectivity index is 0.000000331. The maximum Gasteiger partial charge on any atom is 0.305 e. The number of rotatable bonds is 28. The first kappa shape index (κ1) is 51.4. The third kappa shape index (κ3) is 18.6. The van der Waals surface area contributed by atoms with Crippen LogP contribution in [-0.2, 0) is 29.9 Å². The number of benzene rings is 4. The first-order chi connectivity index (χ1) is 29.9. The molecule has 0 saturated heterocycles. The number of ether oxygens (including phenoxy) is 2. The van der Waals surface area contributed by atoms with E-state index in [2.05, 4.69) is 27.7 Å². The van der Waals surface area contributed by atoms with Gasteiger partial charge in [-0.05, 0) is 96.5 Å². The molecular formula is C54H76O8. The monoisotopic (exact) mass is 853 g/mol. The molecule has 0 amide bonds. The van der Waals surface area contributed by atoms with Crippen molar-refractivity contribution in [2.75, 3.05) is 13.2 Å². The number of unbranched alkanes of at least 4 members (excludes halogenated alkanes) is 14. The zero-order valence-electron chi connectivity index (χ0n) is 38.2. The smallest absolute Gasteiger partial charge is 0.305 e. The highest BCUT2D eigenvalue weighted by atomic mass is 16.5. The Hall–Kier alpha value is -4.98. The van der Waals surface area contributed by atoms with Crippen LogP contribution in [0.2, 0.25) is 0 Å². The summed E-state index contributed by atoms with van der Waals surface area (Å²) in [5, 5.41) is 38.6. The second-order valence-electron chi connectivity index (χ2n) is 17.2. The lowest BCUT2D eigenvalue weighted by atomic mass is 9.73. The summed E-state index contributed by atoms with van der Waals surface area (Å²) >= 11 is 0. The van der Waals surface area contributed by atoms with Crippen LogP contribution < -0.4 is 0 Å². The SMILES string of the molecule is CCCCCCCCCCCOC(=O)CCC(C)(c1ccc(O)cc1)c1ccc(O)cc1.CCCCCCCCCOC(=O)CCC(C)(c1ccc(O)cc1)c1ccc(O)cc1.